The van der Waals surface area contributed by atoms with E-state index in [2.05, 4.69) is 60.1 Å². The van der Waals surface area contributed by atoms with Gasteiger partial charge in [0, 0.05) is 35.7 Å². The van der Waals surface area contributed by atoms with Crippen LogP contribution in [-0.4, -0.2) is 42.2 Å². The molecule has 0 radical (unpaired) electrons. The molecule has 2 heterocycles. The van der Waals surface area contributed by atoms with Crippen LogP contribution in [0.1, 0.15) is 0 Å². The van der Waals surface area contributed by atoms with Gasteiger partial charge in [-0.3, -0.25) is 4.79 Å². The lowest BCUT2D eigenvalue weighted by Crippen LogP contribution is -2.36. The highest BCUT2D eigenvalue weighted by molar-refractivity contribution is 9.10. The highest BCUT2D eigenvalue weighted by Gasteiger charge is 2.12. The molecule has 7 nitrogen and oxygen atoms in total. The zero-order chi connectivity index (χ0) is 21.6. The van der Waals surface area contributed by atoms with E-state index in [1.54, 1.807) is 0 Å². The first-order chi connectivity index (χ1) is 15.1. The lowest BCUT2D eigenvalue weighted by Gasteiger charge is -2.29. The van der Waals surface area contributed by atoms with Crippen molar-refractivity contribution < 1.29 is 9.53 Å². The number of aromatic nitrogens is 2. The topological polar surface area (TPSA) is 79.4 Å². The van der Waals surface area contributed by atoms with Crippen LogP contribution in [0.15, 0.2) is 71.9 Å². The number of ether oxygens (including phenoxy) is 1. The molecule has 3 aromatic rings. The molecule has 0 bridgehead atoms. The SMILES string of the molecule is C=CC(=O)Nc1cccc(-c2cc(Br)nc(Nc3cccc(N4CCOCC4)c3)n2)c1. The number of carbonyl (C=O) groups is 1. The van der Waals surface area contributed by atoms with Crippen LogP contribution in [0.4, 0.5) is 23.0 Å². The van der Waals surface area contributed by atoms with Gasteiger partial charge in [0.25, 0.3) is 0 Å². The third-order valence-corrected chi connectivity index (χ3v) is 5.19. The summed E-state index contributed by atoms with van der Waals surface area (Å²) in [6, 6.07) is 17.5. The Kier molecular flexibility index (Phi) is 6.59. The average Bonchev–Trinajstić information content (AvgIpc) is 2.79. The molecule has 2 aromatic carbocycles. The van der Waals surface area contributed by atoms with E-state index >= 15 is 0 Å². The molecule has 0 unspecified atom stereocenters. The molecule has 158 valence electrons. The van der Waals surface area contributed by atoms with Crippen molar-refractivity contribution in [1.82, 2.24) is 9.97 Å². The van der Waals surface area contributed by atoms with Gasteiger partial charge in [0.05, 0.1) is 18.9 Å². The van der Waals surface area contributed by atoms with Crippen molar-refractivity contribution in [3.8, 4) is 11.3 Å². The number of nitrogens with zero attached hydrogens (tertiary/aromatic N) is 3. The Morgan fingerprint density at radius 3 is 2.65 bits per heavy atom. The van der Waals surface area contributed by atoms with E-state index in [0.717, 1.165) is 48.9 Å². The molecule has 8 heteroatoms. The Hall–Kier alpha value is -3.23. The van der Waals surface area contributed by atoms with Gasteiger partial charge in [0.15, 0.2) is 0 Å². The zero-order valence-corrected chi connectivity index (χ0v) is 18.4. The molecule has 0 saturated carbocycles. The van der Waals surface area contributed by atoms with E-state index in [0.29, 0.717) is 16.2 Å². The molecule has 4 rings (SSSR count). The number of hydrogen-bond donors (Lipinski definition) is 2. The smallest absolute Gasteiger partial charge is 0.247 e. The summed E-state index contributed by atoms with van der Waals surface area (Å²) in [4.78, 5) is 23.0. The van der Waals surface area contributed by atoms with Crippen molar-refractivity contribution in [3.05, 3.63) is 71.9 Å². The maximum absolute atomic E-state index is 11.6. The fourth-order valence-electron chi connectivity index (χ4n) is 3.30. The summed E-state index contributed by atoms with van der Waals surface area (Å²) in [6.07, 6.45) is 1.24. The number of halogens is 1. The first kappa shape index (κ1) is 21.0. The normalized spacial score (nSPS) is 13.5. The fraction of sp³-hybridized carbons (Fsp3) is 0.174. The molecule has 1 saturated heterocycles. The van der Waals surface area contributed by atoms with Gasteiger partial charge in [0.2, 0.25) is 11.9 Å². The molecule has 0 atom stereocenters. The number of morpholine rings is 1. The predicted molar refractivity (Wildman–Crippen MR) is 127 cm³/mol. The number of amides is 1. The van der Waals surface area contributed by atoms with Gasteiger partial charge in [-0.1, -0.05) is 24.8 Å². The van der Waals surface area contributed by atoms with Crippen LogP contribution in [0.2, 0.25) is 0 Å². The van der Waals surface area contributed by atoms with Crippen LogP contribution >= 0.6 is 15.9 Å². The number of carbonyl (C=O) groups excluding carboxylic acids is 1. The number of hydrogen-bond acceptors (Lipinski definition) is 6. The summed E-state index contributed by atoms with van der Waals surface area (Å²) in [5.74, 6) is 0.215. The van der Waals surface area contributed by atoms with E-state index in [1.165, 1.54) is 6.08 Å². The summed E-state index contributed by atoms with van der Waals surface area (Å²) >= 11 is 3.47. The van der Waals surface area contributed by atoms with Crippen molar-refractivity contribution in [1.29, 1.82) is 0 Å². The van der Waals surface area contributed by atoms with E-state index in [4.69, 9.17) is 4.74 Å². The van der Waals surface area contributed by atoms with Gasteiger partial charge < -0.3 is 20.3 Å². The minimum atomic E-state index is -0.261. The summed E-state index contributed by atoms with van der Waals surface area (Å²) in [5, 5.41) is 6.06. The molecule has 1 aromatic heterocycles. The van der Waals surface area contributed by atoms with Gasteiger partial charge in [-0.05, 0) is 58.4 Å². The van der Waals surface area contributed by atoms with E-state index in [9.17, 15) is 4.79 Å². The second-order valence-corrected chi connectivity index (χ2v) is 7.76. The molecule has 1 amide bonds. The second-order valence-electron chi connectivity index (χ2n) is 6.95. The number of anilines is 4. The van der Waals surface area contributed by atoms with Gasteiger partial charge in [0.1, 0.15) is 4.60 Å². The molecular weight excluding hydrogens is 458 g/mol. The van der Waals surface area contributed by atoms with Crippen LogP contribution in [0.3, 0.4) is 0 Å². The highest BCUT2D eigenvalue weighted by Crippen LogP contribution is 2.27. The minimum Gasteiger partial charge on any atom is -0.378 e. The summed E-state index contributed by atoms with van der Waals surface area (Å²) < 4.78 is 6.10. The minimum absolute atomic E-state index is 0.261. The maximum Gasteiger partial charge on any atom is 0.247 e. The van der Waals surface area contributed by atoms with Crippen molar-refractivity contribution in [2.75, 3.05) is 41.8 Å². The van der Waals surface area contributed by atoms with Crippen LogP contribution in [-0.2, 0) is 9.53 Å². The van der Waals surface area contributed by atoms with Gasteiger partial charge >= 0.3 is 0 Å². The van der Waals surface area contributed by atoms with Crippen LogP contribution in [0.25, 0.3) is 11.3 Å². The Morgan fingerprint density at radius 2 is 1.84 bits per heavy atom. The third kappa shape index (κ3) is 5.48. The number of nitrogens with one attached hydrogen (secondary N) is 2. The van der Waals surface area contributed by atoms with E-state index < -0.39 is 0 Å². The average molecular weight is 480 g/mol. The van der Waals surface area contributed by atoms with E-state index in [1.807, 2.05) is 42.5 Å². The second kappa shape index (κ2) is 9.72. The molecule has 0 aliphatic carbocycles. The Bertz CT molecular complexity index is 1100. The third-order valence-electron chi connectivity index (χ3n) is 4.78. The summed E-state index contributed by atoms with van der Waals surface area (Å²) in [7, 11) is 0. The van der Waals surface area contributed by atoms with Crippen LogP contribution < -0.4 is 15.5 Å². The van der Waals surface area contributed by atoms with Crippen molar-refractivity contribution in [2.24, 2.45) is 0 Å². The first-order valence-electron chi connectivity index (χ1n) is 9.89. The first-order valence-corrected chi connectivity index (χ1v) is 10.7. The lowest BCUT2D eigenvalue weighted by molar-refractivity contribution is -0.111. The van der Waals surface area contributed by atoms with Gasteiger partial charge in [-0.2, -0.15) is 0 Å². The number of benzene rings is 2. The quantitative estimate of drug-likeness (QED) is 0.396. The summed E-state index contributed by atoms with van der Waals surface area (Å²) in [6.45, 7) is 6.71. The fourth-order valence-corrected chi connectivity index (χ4v) is 3.69. The highest BCUT2D eigenvalue weighted by atomic mass is 79.9. The van der Waals surface area contributed by atoms with Crippen LogP contribution in [0, 0.1) is 0 Å². The molecule has 1 aliphatic heterocycles. The predicted octanol–water partition coefficient (Wildman–Crippen LogP) is 4.61. The molecule has 1 aliphatic rings. The lowest BCUT2D eigenvalue weighted by atomic mass is 10.1. The maximum atomic E-state index is 11.6. The largest absolute Gasteiger partial charge is 0.378 e. The Balaban J connectivity index is 1.57. The monoisotopic (exact) mass is 479 g/mol. The Morgan fingerprint density at radius 1 is 1.06 bits per heavy atom. The van der Waals surface area contributed by atoms with Crippen molar-refractivity contribution in [2.45, 2.75) is 0 Å². The molecule has 1 fully saturated rings. The van der Waals surface area contributed by atoms with Crippen molar-refractivity contribution >= 4 is 44.8 Å². The van der Waals surface area contributed by atoms with Crippen molar-refractivity contribution in [3.63, 3.8) is 0 Å². The molecule has 31 heavy (non-hydrogen) atoms. The Labute approximate surface area is 189 Å². The molecular formula is C23H22BrN5O2. The standard InChI is InChI=1S/C23H22BrN5O2/c1-2-22(30)25-17-6-3-5-16(13-17)20-15-21(24)28-23(27-20)26-18-7-4-8-19(14-18)29-9-11-31-12-10-29/h2-8,13-15H,1,9-12H2,(H,25,30)(H,26,27,28). The zero-order valence-electron chi connectivity index (χ0n) is 16.8. The van der Waals surface area contributed by atoms with E-state index in [-0.39, 0.29) is 5.91 Å². The number of rotatable bonds is 6. The molecule has 0 spiro atoms. The van der Waals surface area contributed by atoms with Gasteiger partial charge in [-0.25, -0.2) is 9.97 Å². The summed E-state index contributed by atoms with van der Waals surface area (Å²) in [5.41, 5.74) is 4.29. The molecule has 2 N–H and O–H groups in total. The van der Waals surface area contributed by atoms with Gasteiger partial charge in [-0.15, -0.1) is 0 Å². The van der Waals surface area contributed by atoms with Crippen LogP contribution in [0.5, 0.6) is 0 Å².